The van der Waals surface area contributed by atoms with Crippen molar-refractivity contribution in [2.45, 2.75) is 65.8 Å². The highest BCUT2D eigenvalue weighted by molar-refractivity contribution is 6.15. The summed E-state index contributed by atoms with van der Waals surface area (Å²) in [6.07, 6.45) is 1.17. The van der Waals surface area contributed by atoms with E-state index in [9.17, 15) is 14.4 Å². The van der Waals surface area contributed by atoms with E-state index in [1.54, 1.807) is 11.9 Å². The van der Waals surface area contributed by atoms with Gasteiger partial charge in [0.1, 0.15) is 11.7 Å². The molecule has 1 aliphatic carbocycles. The maximum absolute atomic E-state index is 12.9. The molecular formula is C21H29NO3. The third-order valence-corrected chi connectivity index (χ3v) is 5.55. The van der Waals surface area contributed by atoms with Crippen molar-refractivity contribution >= 4 is 17.5 Å². The Bertz CT molecular complexity index is 684. The summed E-state index contributed by atoms with van der Waals surface area (Å²) in [7, 11) is 1.77. The first-order valence-electron chi connectivity index (χ1n) is 9.07. The summed E-state index contributed by atoms with van der Waals surface area (Å²) in [6.45, 7) is 9.92. The van der Waals surface area contributed by atoms with Gasteiger partial charge in [-0.3, -0.25) is 14.4 Å². The minimum atomic E-state index is -0.702. The molecule has 0 N–H and O–H groups in total. The van der Waals surface area contributed by atoms with Crippen molar-refractivity contribution in [3.05, 3.63) is 34.4 Å². The van der Waals surface area contributed by atoms with Crippen LogP contribution in [0.4, 0.5) is 0 Å². The summed E-state index contributed by atoms with van der Waals surface area (Å²) in [6, 6.07) is 4.16. The Kier molecular flexibility index (Phi) is 5.81. The zero-order valence-corrected chi connectivity index (χ0v) is 16.2. The molecule has 0 bridgehead atoms. The van der Waals surface area contributed by atoms with E-state index in [0.29, 0.717) is 0 Å². The molecule has 0 saturated heterocycles. The second-order valence-electron chi connectivity index (χ2n) is 7.48. The first-order valence-corrected chi connectivity index (χ1v) is 9.07. The maximum atomic E-state index is 12.9. The van der Waals surface area contributed by atoms with Gasteiger partial charge in [0.2, 0.25) is 5.91 Å². The number of hydrogen-bond donors (Lipinski definition) is 0. The van der Waals surface area contributed by atoms with Crippen molar-refractivity contribution in [3.8, 4) is 0 Å². The van der Waals surface area contributed by atoms with Crippen LogP contribution < -0.4 is 0 Å². The molecule has 0 spiro atoms. The maximum Gasteiger partial charge on any atom is 0.223 e. The van der Waals surface area contributed by atoms with Gasteiger partial charge in [-0.15, -0.1) is 0 Å². The molecule has 136 valence electrons. The fourth-order valence-corrected chi connectivity index (χ4v) is 3.85. The van der Waals surface area contributed by atoms with E-state index >= 15 is 0 Å². The van der Waals surface area contributed by atoms with Crippen LogP contribution in [0.5, 0.6) is 0 Å². The van der Waals surface area contributed by atoms with E-state index in [2.05, 4.69) is 0 Å². The normalized spacial score (nSPS) is 21.5. The molecule has 0 heterocycles. The minimum absolute atomic E-state index is 0.0518. The highest BCUT2D eigenvalue weighted by Gasteiger charge is 2.44. The number of carbonyl (C=O) groups is 3. The molecule has 1 amide bonds. The van der Waals surface area contributed by atoms with Gasteiger partial charge in [0.05, 0.1) is 0 Å². The zero-order chi connectivity index (χ0) is 18.9. The van der Waals surface area contributed by atoms with Crippen LogP contribution in [0, 0.1) is 26.7 Å². The third-order valence-electron chi connectivity index (χ3n) is 5.55. The van der Waals surface area contributed by atoms with Crippen LogP contribution in [0.2, 0.25) is 0 Å². The first kappa shape index (κ1) is 19.4. The summed E-state index contributed by atoms with van der Waals surface area (Å²) in [5.74, 6) is -1.39. The van der Waals surface area contributed by atoms with Crippen molar-refractivity contribution in [3.63, 3.8) is 0 Å². The number of aryl methyl sites for hydroxylation is 3. The van der Waals surface area contributed by atoms with E-state index in [1.165, 1.54) is 0 Å². The quantitative estimate of drug-likeness (QED) is 0.769. The standard InChI is InChI=1S/C21H29NO3/c1-7-15(5)22(6)18(24)11-16-10-17(23)20(21(16)25)19-13(3)8-12(2)9-14(19)4/h8-9,15-16,20H,7,10-11H2,1-6H3. The molecule has 1 aromatic rings. The molecule has 2 rings (SSSR count). The largest absolute Gasteiger partial charge is 0.343 e. The molecular weight excluding hydrogens is 314 g/mol. The van der Waals surface area contributed by atoms with Gasteiger partial charge >= 0.3 is 0 Å². The summed E-state index contributed by atoms with van der Waals surface area (Å²) < 4.78 is 0. The summed E-state index contributed by atoms with van der Waals surface area (Å²) in [4.78, 5) is 39.6. The van der Waals surface area contributed by atoms with E-state index in [0.717, 1.165) is 28.7 Å². The van der Waals surface area contributed by atoms with Gasteiger partial charge in [-0.25, -0.2) is 0 Å². The number of ketones is 2. The average Bonchev–Trinajstić information content (AvgIpc) is 2.80. The lowest BCUT2D eigenvalue weighted by Crippen LogP contribution is -2.36. The number of hydrogen-bond acceptors (Lipinski definition) is 3. The van der Waals surface area contributed by atoms with Gasteiger partial charge in [0.15, 0.2) is 5.78 Å². The van der Waals surface area contributed by atoms with E-state index in [4.69, 9.17) is 0 Å². The molecule has 0 aromatic heterocycles. The predicted molar refractivity (Wildman–Crippen MR) is 98.7 cm³/mol. The predicted octanol–water partition coefficient (Wildman–Crippen LogP) is 3.50. The first-order chi connectivity index (χ1) is 11.7. The van der Waals surface area contributed by atoms with Crippen LogP contribution in [0.25, 0.3) is 0 Å². The molecule has 25 heavy (non-hydrogen) atoms. The molecule has 4 nitrogen and oxygen atoms in total. The third kappa shape index (κ3) is 3.83. The van der Waals surface area contributed by atoms with Gasteiger partial charge in [-0.1, -0.05) is 24.6 Å². The fraction of sp³-hybridized carbons (Fsp3) is 0.571. The van der Waals surface area contributed by atoms with E-state index < -0.39 is 11.8 Å². The number of Topliss-reactive ketones (excluding diaryl/α,β-unsaturated/α-hetero) is 2. The van der Waals surface area contributed by atoms with Crippen molar-refractivity contribution in [2.24, 2.45) is 5.92 Å². The smallest absolute Gasteiger partial charge is 0.223 e. The lowest BCUT2D eigenvalue weighted by Gasteiger charge is -2.25. The van der Waals surface area contributed by atoms with Gasteiger partial charge < -0.3 is 4.90 Å². The lowest BCUT2D eigenvalue weighted by molar-refractivity contribution is -0.135. The second kappa shape index (κ2) is 7.51. The van der Waals surface area contributed by atoms with E-state index in [-0.39, 0.29) is 36.4 Å². The second-order valence-corrected chi connectivity index (χ2v) is 7.48. The Balaban J connectivity index is 2.22. The van der Waals surface area contributed by atoms with Gasteiger partial charge in [-0.05, 0) is 50.8 Å². The average molecular weight is 343 g/mol. The molecule has 1 aromatic carbocycles. The van der Waals surface area contributed by atoms with Gasteiger partial charge in [-0.2, -0.15) is 0 Å². The highest BCUT2D eigenvalue weighted by Crippen LogP contribution is 2.37. The van der Waals surface area contributed by atoms with Crippen LogP contribution in [-0.4, -0.2) is 35.5 Å². The van der Waals surface area contributed by atoms with Crippen molar-refractivity contribution in [1.82, 2.24) is 4.90 Å². The van der Waals surface area contributed by atoms with Crippen LogP contribution in [-0.2, 0) is 14.4 Å². The number of benzene rings is 1. The SMILES string of the molecule is CCC(C)N(C)C(=O)CC1CC(=O)C(c2c(C)cc(C)cc2C)C1=O. The molecule has 4 heteroatoms. The van der Waals surface area contributed by atoms with Gasteiger partial charge in [0, 0.05) is 31.8 Å². The van der Waals surface area contributed by atoms with Crippen LogP contribution in [0.3, 0.4) is 0 Å². The van der Waals surface area contributed by atoms with Crippen LogP contribution >= 0.6 is 0 Å². The summed E-state index contributed by atoms with van der Waals surface area (Å²) in [5.41, 5.74) is 3.92. The Morgan fingerprint density at radius 2 is 1.76 bits per heavy atom. The molecule has 3 atom stereocenters. The Hall–Kier alpha value is -1.97. The fourth-order valence-electron chi connectivity index (χ4n) is 3.85. The number of carbonyl (C=O) groups excluding carboxylic acids is 3. The minimum Gasteiger partial charge on any atom is -0.343 e. The molecule has 1 aliphatic rings. The molecule has 1 saturated carbocycles. The van der Waals surface area contributed by atoms with Crippen LogP contribution in [0.15, 0.2) is 12.1 Å². The van der Waals surface area contributed by atoms with Crippen molar-refractivity contribution in [2.75, 3.05) is 7.05 Å². The van der Waals surface area contributed by atoms with Crippen molar-refractivity contribution < 1.29 is 14.4 Å². The Morgan fingerprint density at radius 3 is 2.28 bits per heavy atom. The molecule has 0 aliphatic heterocycles. The zero-order valence-electron chi connectivity index (χ0n) is 16.2. The number of rotatable bonds is 5. The molecule has 1 fully saturated rings. The molecule has 0 radical (unpaired) electrons. The summed E-state index contributed by atoms with van der Waals surface area (Å²) in [5, 5.41) is 0. The van der Waals surface area contributed by atoms with Crippen LogP contribution in [0.1, 0.15) is 61.3 Å². The summed E-state index contributed by atoms with van der Waals surface area (Å²) >= 11 is 0. The topological polar surface area (TPSA) is 54.5 Å². The lowest BCUT2D eigenvalue weighted by atomic mass is 9.86. The Labute approximate surface area is 150 Å². The monoisotopic (exact) mass is 343 g/mol. The van der Waals surface area contributed by atoms with E-state index in [1.807, 2.05) is 46.8 Å². The number of amides is 1. The highest BCUT2D eigenvalue weighted by atomic mass is 16.2. The van der Waals surface area contributed by atoms with Gasteiger partial charge in [0.25, 0.3) is 0 Å². The Morgan fingerprint density at radius 1 is 1.20 bits per heavy atom. The number of nitrogens with zero attached hydrogens (tertiary/aromatic N) is 1. The van der Waals surface area contributed by atoms with Crippen molar-refractivity contribution in [1.29, 1.82) is 0 Å². The molecule has 3 unspecified atom stereocenters.